The fourth-order valence-electron chi connectivity index (χ4n) is 5.51. The van der Waals surface area contributed by atoms with E-state index in [0.717, 1.165) is 11.1 Å². The lowest BCUT2D eigenvalue weighted by atomic mass is 9.78. The summed E-state index contributed by atoms with van der Waals surface area (Å²) in [5.41, 5.74) is 2.59. The Labute approximate surface area is 198 Å². The van der Waals surface area contributed by atoms with E-state index in [1.54, 1.807) is 19.9 Å². The molecule has 2 aliphatic carbocycles. The normalized spacial score (nSPS) is 30.2. The Hall–Kier alpha value is -2.67. The summed E-state index contributed by atoms with van der Waals surface area (Å²) in [6.07, 6.45) is -10.2. The van der Waals surface area contributed by atoms with Crippen molar-refractivity contribution in [2.75, 3.05) is 5.75 Å². The average Bonchev–Trinajstić information content (AvgIpc) is 3.32. The second-order valence-electron chi connectivity index (χ2n) is 9.36. The smallest absolute Gasteiger partial charge is 0.426 e. The van der Waals surface area contributed by atoms with Crippen LogP contribution in [-0.2, 0) is 33.9 Å². The number of halogens is 3. The number of carbonyl (C=O) groups is 3. The first-order chi connectivity index (χ1) is 16.1. The van der Waals surface area contributed by atoms with E-state index in [-0.39, 0.29) is 12.0 Å². The number of esters is 3. The molecule has 0 radical (unpaired) electrons. The first-order valence-electron chi connectivity index (χ1n) is 10.8. The summed E-state index contributed by atoms with van der Waals surface area (Å²) >= 11 is 0. The molecular weight excluding hydrogens is 497 g/mol. The van der Waals surface area contributed by atoms with Crippen LogP contribution in [0.5, 0.6) is 0 Å². The molecule has 0 spiro atoms. The summed E-state index contributed by atoms with van der Waals surface area (Å²) in [7, 11) is -5.13. The third-order valence-corrected chi connectivity index (χ3v) is 7.80. The standard InChI is InChI=1S/C22H23F3O9S/c1-8-4-9(2)10(3)11(5-8)19(26)33-17-12-6-13-16(21(28)34-18(13)17)15(12)20(27)32-14(22(23,24)25)7-35(29,30)31/h4-5,12-18H,6-7H2,1-3H3,(H,29,30,31). The summed E-state index contributed by atoms with van der Waals surface area (Å²) < 4.78 is 86.1. The van der Waals surface area contributed by atoms with Crippen molar-refractivity contribution in [2.45, 2.75) is 51.7 Å². The molecule has 7 unspecified atom stereocenters. The van der Waals surface area contributed by atoms with Crippen molar-refractivity contribution >= 4 is 28.0 Å². The number of rotatable bonds is 6. The van der Waals surface area contributed by atoms with E-state index in [0.29, 0.717) is 5.56 Å². The van der Waals surface area contributed by atoms with Crippen molar-refractivity contribution in [3.05, 3.63) is 34.4 Å². The maximum atomic E-state index is 13.3. The van der Waals surface area contributed by atoms with Gasteiger partial charge in [-0.2, -0.15) is 21.6 Å². The Bertz CT molecular complexity index is 1190. The van der Waals surface area contributed by atoms with Gasteiger partial charge in [0.05, 0.1) is 17.4 Å². The molecule has 2 bridgehead atoms. The molecule has 192 valence electrons. The Balaban J connectivity index is 1.58. The highest BCUT2D eigenvalue weighted by atomic mass is 32.2. The van der Waals surface area contributed by atoms with Crippen LogP contribution in [0.15, 0.2) is 12.1 Å². The van der Waals surface area contributed by atoms with E-state index in [4.69, 9.17) is 14.0 Å². The Kier molecular flexibility index (Phi) is 6.15. The van der Waals surface area contributed by atoms with Gasteiger partial charge in [-0.05, 0) is 49.9 Å². The van der Waals surface area contributed by atoms with E-state index >= 15 is 0 Å². The predicted octanol–water partition coefficient (Wildman–Crippen LogP) is 2.31. The van der Waals surface area contributed by atoms with Crippen molar-refractivity contribution in [1.82, 2.24) is 0 Å². The van der Waals surface area contributed by atoms with Gasteiger partial charge < -0.3 is 14.2 Å². The second kappa shape index (κ2) is 8.47. The summed E-state index contributed by atoms with van der Waals surface area (Å²) in [4.78, 5) is 38.2. The van der Waals surface area contributed by atoms with Crippen molar-refractivity contribution < 1.29 is 54.7 Å². The van der Waals surface area contributed by atoms with Gasteiger partial charge in [0.1, 0.15) is 18.0 Å². The maximum absolute atomic E-state index is 13.3. The average molecular weight is 520 g/mol. The molecule has 35 heavy (non-hydrogen) atoms. The molecule has 7 atom stereocenters. The number of ether oxygens (including phenoxy) is 3. The number of hydrogen-bond acceptors (Lipinski definition) is 8. The number of carbonyl (C=O) groups excluding carboxylic acids is 3. The van der Waals surface area contributed by atoms with Gasteiger partial charge in [-0.15, -0.1) is 0 Å². The summed E-state index contributed by atoms with van der Waals surface area (Å²) in [6.45, 7) is 5.33. The molecule has 13 heteroatoms. The van der Waals surface area contributed by atoms with Crippen molar-refractivity contribution in [3.8, 4) is 0 Å². The zero-order valence-electron chi connectivity index (χ0n) is 18.9. The maximum Gasteiger partial charge on any atom is 0.426 e. The fraction of sp³-hybridized carbons (Fsp3) is 0.591. The van der Waals surface area contributed by atoms with Crippen molar-refractivity contribution in [2.24, 2.45) is 23.7 Å². The van der Waals surface area contributed by atoms with Gasteiger partial charge in [0.2, 0.25) is 6.10 Å². The Morgan fingerprint density at radius 1 is 1.20 bits per heavy atom. The van der Waals surface area contributed by atoms with Crippen molar-refractivity contribution in [3.63, 3.8) is 0 Å². The largest absolute Gasteiger partial charge is 0.458 e. The van der Waals surface area contributed by atoms with Gasteiger partial charge in [-0.3, -0.25) is 14.1 Å². The van der Waals surface area contributed by atoms with Crippen LogP contribution < -0.4 is 0 Å². The molecule has 0 amide bonds. The lowest BCUT2D eigenvalue weighted by Gasteiger charge is -2.31. The lowest BCUT2D eigenvalue weighted by Crippen LogP contribution is -2.47. The SMILES string of the molecule is Cc1cc(C)c(C)c(C(=O)OC2C3CC4C2OC(=O)C4C3C(=O)OC(CS(=O)(=O)O)C(F)(F)F)c1. The van der Waals surface area contributed by atoms with Crippen molar-refractivity contribution in [1.29, 1.82) is 0 Å². The van der Waals surface area contributed by atoms with E-state index in [1.165, 1.54) is 0 Å². The van der Waals surface area contributed by atoms with Crippen LogP contribution >= 0.6 is 0 Å². The second-order valence-corrected chi connectivity index (χ2v) is 10.9. The molecule has 3 aliphatic rings. The molecule has 1 heterocycles. The Morgan fingerprint density at radius 3 is 2.46 bits per heavy atom. The van der Waals surface area contributed by atoms with Crippen LogP contribution in [-0.4, -0.2) is 61.1 Å². The van der Waals surface area contributed by atoms with Gasteiger partial charge in [0.15, 0.2) is 0 Å². The fourth-order valence-corrected chi connectivity index (χ4v) is 6.15. The molecule has 1 saturated heterocycles. The van der Waals surface area contributed by atoms with E-state index < -0.39 is 81.9 Å². The topological polar surface area (TPSA) is 133 Å². The number of benzene rings is 1. The minimum Gasteiger partial charge on any atom is -0.458 e. The zero-order chi connectivity index (χ0) is 26.0. The third-order valence-electron chi connectivity index (χ3n) is 7.08. The lowest BCUT2D eigenvalue weighted by molar-refractivity contribution is -0.219. The molecule has 1 N–H and O–H groups in total. The van der Waals surface area contributed by atoms with Gasteiger partial charge in [-0.1, -0.05) is 6.07 Å². The van der Waals surface area contributed by atoms with E-state index in [1.807, 2.05) is 13.0 Å². The van der Waals surface area contributed by atoms with Gasteiger partial charge in [0, 0.05) is 11.8 Å². The molecule has 9 nitrogen and oxygen atoms in total. The van der Waals surface area contributed by atoms with Crippen LogP contribution in [0.25, 0.3) is 0 Å². The molecule has 1 aliphatic heterocycles. The number of aryl methyl sites for hydroxylation is 2. The summed E-state index contributed by atoms with van der Waals surface area (Å²) in [5, 5.41) is 0. The van der Waals surface area contributed by atoms with Gasteiger partial charge in [0.25, 0.3) is 10.1 Å². The van der Waals surface area contributed by atoms with Crippen LogP contribution in [0.2, 0.25) is 0 Å². The summed E-state index contributed by atoms with van der Waals surface area (Å²) in [6, 6.07) is 3.50. The van der Waals surface area contributed by atoms with Gasteiger partial charge >= 0.3 is 24.1 Å². The first kappa shape index (κ1) is 25.4. The van der Waals surface area contributed by atoms with Crippen LogP contribution in [0.1, 0.15) is 33.5 Å². The number of fused-ring (bicyclic) bond motifs is 1. The molecule has 4 rings (SSSR count). The number of alkyl halides is 3. The van der Waals surface area contributed by atoms with Crippen LogP contribution in [0, 0.1) is 44.4 Å². The number of hydrogen-bond donors (Lipinski definition) is 1. The summed E-state index contributed by atoms with van der Waals surface area (Å²) in [5.74, 6) is -8.81. The monoisotopic (exact) mass is 520 g/mol. The minimum absolute atomic E-state index is 0.180. The third kappa shape index (κ3) is 4.63. The van der Waals surface area contributed by atoms with Gasteiger partial charge in [-0.25, -0.2) is 4.79 Å². The highest BCUT2D eigenvalue weighted by molar-refractivity contribution is 7.85. The van der Waals surface area contributed by atoms with E-state index in [9.17, 15) is 36.0 Å². The molecule has 3 fully saturated rings. The molecular formula is C22H23F3O9S. The predicted molar refractivity (Wildman–Crippen MR) is 111 cm³/mol. The minimum atomic E-state index is -5.28. The van der Waals surface area contributed by atoms with Crippen LogP contribution in [0.4, 0.5) is 13.2 Å². The van der Waals surface area contributed by atoms with E-state index in [2.05, 4.69) is 4.74 Å². The Morgan fingerprint density at radius 2 is 1.86 bits per heavy atom. The quantitative estimate of drug-likeness (QED) is 0.341. The first-order valence-corrected chi connectivity index (χ1v) is 12.4. The highest BCUT2D eigenvalue weighted by Crippen LogP contribution is 2.59. The highest BCUT2D eigenvalue weighted by Gasteiger charge is 2.70. The molecule has 2 saturated carbocycles. The van der Waals surface area contributed by atoms with Crippen LogP contribution in [0.3, 0.4) is 0 Å². The zero-order valence-corrected chi connectivity index (χ0v) is 19.7. The molecule has 0 aromatic heterocycles. The molecule has 1 aromatic rings. The molecule has 1 aromatic carbocycles.